The third-order valence-electron chi connectivity index (χ3n) is 4.85. The number of nitrogens with two attached hydrogens (primary N) is 1. The molecule has 2 aromatic rings. The molecule has 1 heterocycles. The van der Waals surface area contributed by atoms with Crippen LogP contribution in [0.1, 0.15) is 17.5 Å². The van der Waals surface area contributed by atoms with Gasteiger partial charge in [-0.25, -0.2) is 0 Å². The number of carbonyl (C=O) groups is 1. The molecule has 5 heteroatoms. The zero-order chi connectivity index (χ0) is 18.2. The minimum atomic E-state index is 0.0128. The highest BCUT2D eigenvalue weighted by atomic mass is 16.1. The molecular weight excluding hydrogens is 324 g/mol. The summed E-state index contributed by atoms with van der Waals surface area (Å²) in [4.78, 5) is 16.6. The number of nitrogens with one attached hydrogen (secondary N) is 1. The van der Waals surface area contributed by atoms with E-state index in [1.165, 1.54) is 16.8 Å². The Hall–Kier alpha value is -2.37. The highest BCUT2D eigenvalue weighted by Gasteiger charge is 2.18. The molecule has 0 bridgehead atoms. The Balaban J connectivity index is 1.54. The predicted octanol–water partition coefficient (Wildman–Crippen LogP) is 1.97. The van der Waals surface area contributed by atoms with E-state index in [0.29, 0.717) is 19.5 Å². The molecule has 3 rings (SSSR count). The third-order valence-corrected chi connectivity index (χ3v) is 4.85. The van der Waals surface area contributed by atoms with Crippen molar-refractivity contribution in [3.05, 3.63) is 65.7 Å². The van der Waals surface area contributed by atoms with Crippen molar-refractivity contribution >= 4 is 11.6 Å². The van der Waals surface area contributed by atoms with E-state index in [1.807, 2.05) is 6.07 Å². The van der Waals surface area contributed by atoms with Crippen molar-refractivity contribution < 1.29 is 4.79 Å². The van der Waals surface area contributed by atoms with E-state index >= 15 is 0 Å². The predicted molar refractivity (Wildman–Crippen MR) is 106 cm³/mol. The van der Waals surface area contributed by atoms with Gasteiger partial charge in [0.1, 0.15) is 0 Å². The molecule has 1 aliphatic heterocycles. The molecule has 0 atom stereocenters. The van der Waals surface area contributed by atoms with Gasteiger partial charge in [-0.2, -0.15) is 0 Å². The smallest absolute Gasteiger partial charge is 0.221 e. The maximum Gasteiger partial charge on any atom is 0.221 e. The summed E-state index contributed by atoms with van der Waals surface area (Å²) in [6, 6.07) is 19.0. The second kappa shape index (κ2) is 9.36. The van der Waals surface area contributed by atoms with Crippen molar-refractivity contribution in [3.63, 3.8) is 0 Å². The molecular formula is C21H28N4O. The van der Waals surface area contributed by atoms with Gasteiger partial charge in [-0.1, -0.05) is 42.5 Å². The van der Waals surface area contributed by atoms with Crippen molar-refractivity contribution in [1.29, 1.82) is 0 Å². The lowest BCUT2D eigenvalue weighted by Crippen LogP contribution is -2.46. The van der Waals surface area contributed by atoms with Gasteiger partial charge in [0.25, 0.3) is 0 Å². The molecule has 1 saturated heterocycles. The van der Waals surface area contributed by atoms with Crippen molar-refractivity contribution in [2.24, 2.45) is 5.73 Å². The highest BCUT2D eigenvalue weighted by molar-refractivity contribution is 5.76. The van der Waals surface area contributed by atoms with Gasteiger partial charge in [0, 0.05) is 57.9 Å². The van der Waals surface area contributed by atoms with Crippen LogP contribution in [0.15, 0.2) is 54.6 Å². The van der Waals surface area contributed by atoms with Crippen LogP contribution in [0.3, 0.4) is 0 Å². The van der Waals surface area contributed by atoms with Crippen LogP contribution in [-0.4, -0.2) is 43.5 Å². The maximum absolute atomic E-state index is 11.7. The SMILES string of the molecule is NCCC(=O)NCc1ccccc1CN1CCN(c2ccccc2)CC1. The van der Waals surface area contributed by atoms with Crippen molar-refractivity contribution in [1.82, 2.24) is 10.2 Å². The van der Waals surface area contributed by atoms with E-state index in [0.717, 1.165) is 32.7 Å². The van der Waals surface area contributed by atoms with Crippen LogP contribution in [0.4, 0.5) is 5.69 Å². The average Bonchev–Trinajstić information content (AvgIpc) is 2.69. The van der Waals surface area contributed by atoms with E-state index in [-0.39, 0.29) is 5.91 Å². The van der Waals surface area contributed by atoms with E-state index < -0.39 is 0 Å². The number of piperazine rings is 1. The van der Waals surface area contributed by atoms with Crippen LogP contribution >= 0.6 is 0 Å². The zero-order valence-corrected chi connectivity index (χ0v) is 15.2. The van der Waals surface area contributed by atoms with Crippen LogP contribution < -0.4 is 16.0 Å². The van der Waals surface area contributed by atoms with E-state index in [1.54, 1.807) is 0 Å². The molecule has 1 fully saturated rings. The Morgan fingerprint density at radius 3 is 2.27 bits per heavy atom. The van der Waals surface area contributed by atoms with Crippen LogP contribution in [-0.2, 0) is 17.9 Å². The summed E-state index contributed by atoms with van der Waals surface area (Å²) in [5, 5.41) is 2.96. The molecule has 26 heavy (non-hydrogen) atoms. The van der Waals surface area contributed by atoms with Gasteiger partial charge in [0.2, 0.25) is 5.91 Å². The molecule has 1 aliphatic rings. The Bertz CT molecular complexity index is 696. The lowest BCUT2D eigenvalue weighted by atomic mass is 10.1. The molecule has 0 unspecified atom stereocenters. The van der Waals surface area contributed by atoms with Gasteiger partial charge in [0.15, 0.2) is 0 Å². The molecule has 0 radical (unpaired) electrons. The average molecular weight is 352 g/mol. The Labute approximate surface area is 155 Å². The lowest BCUT2D eigenvalue weighted by Gasteiger charge is -2.36. The molecule has 3 N–H and O–H groups in total. The number of anilines is 1. The summed E-state index contributed by atoms with van der Waals surface area (Å²) in [7, 11) is 0. The van der Waals surface area contributed by atoms with Crippen molar-refractivity contribution in [2.75, 3.05) is 37.6 Å². The lowest BCUT2D eigenvalue weighted by molar-refractivity contribution is -0.121. The topological polar surface area (TPSA) is 61.6 Å². The first-order valence-electron chi connectivity index (χ1n) is 9.32. The number of hydrogen-bond donors (Lipinski definition) is 2. The second-order valence-electron chi connectivity index (χ2n) is 6.68. The standard InChI is InChI=1S/C21H28N4O/c22-11-10-21(26)23-16-18-6-4-5-7-19(18)17-24-12-14-25(15-13-24)20-8-2-1-3-9-20/h1-9H,10-17,22H2,(H,23,26). The van der Waals surface area contributed by atoms with Crippen LogP contribution in [0, 0.1) is 0 Å². The normalized spacial score (nSPS) is 15.0. The summed E-state index contributed by atoms with van der Waals surface area (Å²) < 4.78 is 0. The van der Waals surface area contributed by atoms with E-state index in [9.17, 15) is 4.79 Å². The van der Waals surface area contributed by atoms with Gasteiger partial charge >= 0.3 is 0 Å². The summed E-state index contributed by atoms with van der Waals surface area (Å²) in [5.41, 5.74) is 9.20. The van der Waals surface area contributed by atoms with Gasteiger partial charge in [-0.15, -0.1) is 0 Å². The number of para-hydroxylation sites is 1. The number of amides is 1. The zero-order valence-electron chi connectivity index (χ0n) is 15.2. The van der Waals surface area contributed by atoms with Gasteiger partial charge in [0.05, 0.1) is 0 Å². The first-order chi connectivity index (χ1) is 12.8. The monoisotopic (exact) mass is 352 g/mol. The fourth-order valence-corrected chi connectivity index (χ4v) is 3.34. The van der Waals surface area contributed by atoms with Crippen LogP contribution in [0.25, 0.3) is 0 Å². The molecule has 5 nitrogen and oxygen atoms in total. The maximum atomic E-state index is 11.7. The Morgan fingerprint density at radius 1 is 0.923 bits per heavy atom. The van der Waals surface area contributed by atoms with Crippen molar-refractivity contribution in [3.8, 4) is 0 Å². The molecule has 0 saturated carbocycles. The summed E-state index contributed by atoms with van der Waals surface area (Å²) >= 11 is 0. The quantitative estimate of drug-likeness (QED) is 0.800. The second-order valence-corrected chi connectivity index (χ2v) is 6.68. The highest BCUT2D eigenvalue weighted by Crippen LogP contribution is 2.18. The van der Waals surface area contributed by atoms with E-state index in [4.69, 9.17) is 5.73 Å². The summed E-state index contributed by atoms with van der Waals surface area (Å²) in [6.07, 6.45) is 0.379. The molecule has 0 aromatic heterocycles. The first-order valence-corrected chi connectivity index (χ1v) is 9.32. The molecule has 138 valence electrons. The molecule has 1 amide bonds. The van der Waals surface area contributed by atoms with Gasteiger partial charge in [-0.05, 0) is 23.3 Å². The Morgan fingerprint density at radius 2 is 1.58 bits per heavy atom. The number of hydrogen-bond acceptors (Lipinski definition) is 4. The minimum Gasteiger partial charge on any atom is -0.369 e. The summed E-state index contributed by atoms with van der Waals surface area (Å²) in [6.45, 7) is 6.05. The van der Waals surface area contributed by atoms with Gasteiger partial charge in [-0.3, -0.25) is 9.69 Å². The number of benzene rings is 2. The fourth-order valence-electron chi connectivity index (χ4n) is 3.34. The number of carbonyl (C=O) groups excluding carboxylic acids is 1. The molecule has 2 aromatic carbocycles. The molecule has 0 aliphatic carbocycles. The first kappa shape index (κ1) is 18.4. The van der Waals surface area contributed by atoms with Gasteiger partial charge < -0.3 is 16.0 Å². The Kier molecular flexibility index (Phi) is 6.63. The minimum absolute atomic E-state index is 0.0128. The largest absolute Gasteiger partial charge is 0.369 e. The number of rotatable bonds is 7. The fraction of sp³-hybridized carbons (Fsp3) is 0.381. The van der Waals surface area contributed by atoms with Crippen molar-refractivity contribution in [2.45, 2.75) is 19.5 Å². The summed E-state index contributed by atoms with van der Waals surface area (Å²) in [5.74, 6) is 0.0128. The molecule has 0 spiro atoms. The van der Waals surface area contributed by atoms with Crippen LogP contribution in [0.5, 0.6) is 0 Å². The van der Waals surface area contributed by atoms with E-state index in [2.05, 4.69) is 63.6 Å². The number of nitrogens with zero attached hydrogens (tertiary/aromatic N) is 2. The van der Waals surface area contributed by atoms with Crippen LogP contribution in [0.2, 0.25) is 0 Å². The third kappa shape index (κ3) is 5.07.